The monoisotopic (exact) mass is 260 g/mol. The molecule has 1 aromatic carbocycles. The summed E-state index contributed by atoms with van der Waals surface area (Å²) in [5.41, 5.74) is 1.50. The van der Waals surface area contributed by atoms with Crippen molar-refractivity contribution in [2.75, 3.05) is 7.11 Å². The number of oxazole rings is 1. The van der Waals surface area contributed by atoms with Crippen molar-refractivity contribution in [3.05, 3.63) is 47.2 Å². The van der Waals surface area contributed by atoms with E-state index in [9.17, 15) is 4.79 Å². The number of benzene rings is 1. The molecule has 1 heterocycles. The number of rotatable bonds is 4. The van der Waals surface area contributed by atoms with Crippen LogP contribution < -0.4 is 10.1 Å². The molecule has 0 aliphatic rings. The summed E-state index contributed by atoms with van der Waals surface area (Å²) < 4.78 is 10.5. The average molecular weight is 260 g/mol. The lowest BCUT2D eigenvalue weighted by molar-refractivity contribution is 0.0920. The highest BCUT2D eigenvalue weighted by Crippen LogP contribution is 2.17. The topological polar surface area (TPSA) is 64.4 Å². The highest BCUT2D eigenvalue weighted by Gasteiger charge is 2.15. The molecule has 1 aromatic heterocycles. The van der Waals surface area contributed by atoms with Gasteiger partial charge in [-0.1, -0.05) is 18.2 Å². The summed E-state index contributed by atoms with van der Waals surface area (Å²) in [6, 6.07) is 7.53. The SMILES string of the molecule is COc1ccccc1CNC(=O)c1oc(C)nc1C. The van der Waals surface area contributed by atoms with E-state index in [1.807, 2.05) is 24.3 Å². The molecule has 5 heteroatoms. The molecule has 0 fully saturated rings. The van der Waals surface area contributed by atoms with Crippen LogP contribution >= 0.6 is 0 Å². The zero-order valence-corrected chi connectivity index (χ0v) is 11.2. The van der Waals surface area contributed by atoms with Gasteiger partial charge in [0, 0.05) is 19.0 Å². The molecule has 0 saturated heterocycles. The summed E-state index contributed by atoms with van der Waals surface area (Å²) in [4.78, 5) is 16.0. The van der Waals surface area contributed by atoms with E-state index in [1.54, 1.807) is 21.0 Å². The number of aryl methyl sites for hydroxylation is 2. The molecule has 19 heavy (non-hydrogen) atoms. The number of carbonyl (C=O) groups excluding carboxylic acids is 1. The van der Waals surface area contributed by atoms with Gasteiger partial charge < -0.3 is 14.5 Å². The lowest BCUT2D eigenvalue weighted by Gasteiger charge is -2.08. The normalized spacial score (nSPS) is 10.3. The van der Waals surface area contributed by atoms with E-state index >= 15 is 0 Å². The number of hydrogen-bond acceptors (Lipinski definition) is 4. The van der Waals surface area contributed by atoms with Gasteiger partial charge in [0.1, 0.15) is 5.75 Å². The van der Waals surface area contributed by atoms with Gasteiger partial charge in [-0.05, 0) is 13.0 Å². The predicted molar refractivity (Wildman–Crippen MR) is 70.1 cm³/mol. The standard InChI is InChI=1S/C14H16N2O3/c1-9-13(19-10(2)16-9)14(17)15-8-11-6-4-5-7-12(11)18-3/h4-7H,8H2,1-3H3,(H,15,17). The Balaban J connectivity index is 2.06. The van der Waals surface area contributed by atoms with Crippen LogP contribution in [-0.2, 0) is 6.54 Å². The molecule has 0 spiro atoms. The highest BCUT2D eigenvalue weighted by molar-refractivity contribution is 5.92. The Kier molecular flexibility index (Phi) is 3.85. The first-order valence-corrected chi connectivity index (χ1v) is 5.96. The highest BCUT2D eigenvalue weighted by atomic mass is 16.5. The summed E-state index contributed by atoms with van der Waals surface area (Å²) in [7, 11) is 1.60. The van der Waals surface area contributed by atoms with Crippen LogP contribution in [0.3, 0.4) is 0 Å². The quantitative estimate of drug-likeness (QED) is 0.915. The molecule has 0 aliphatic carbocycles. The molecule has 0 bridgehead atoms. The Morgan fingerprint density at radius 3 is 2.74 bits per heavy atom. The van der Waals surface area contributed by atoms with Gasteiger partial charge in [0.2, 0.25) is 5.76 Å². The van der Waals surface area contributed by atoms with Gasteiger partial charge in [-0.25, -0.2) is 4.98 Å². The van der Waals surface area contributed by atoms with Gasteiger partial charge in [0.25, 0.3) is 5.91 Å². The Labute approximate surface area is 111 Å². The first kappa shape index (κ1) is 13.1. The van der Waals surface area contributed by atoms with Gasteiger partial charge in [-0.2, -0.15) is 0 Å². The Hall–Kier alpha value is -2.30. The van der Waals surface area contributed by atoms with E-state index in [4.69, 9.17) is 9.15 Å². The third-order valence-electron chi connectivity index (χ3n) is 2.74. The first-order valence-electron chi connectivity index (χ1n) is 5.96. The molecule has 5 nitrogen and oxygen atoms in total. The number of para-hydroxylation sites is 1. The van der Waals surface area contributed by atoms with Crippen molar-refractivity contribution in [3.63, 3.8) is 0 Å². The molecule has 1 amide bonds. The minimum atomic E-state index is -0.274. The second-order valence-electron chi connectivity index (χ2n) is 4.14. The third-order valence-corrected chi connectivity index (χ3v) is 2.74. The Morgan fingerprint density at radius 1 is 1.37 bits per heavy atom. The van der Waals surface area contributed by atoms with Crippen molar-refractivity contribution in [1.29, 1.82) is 0 Å². The molecular weight excluding hydrogens is 244 g/mol. The maximum atomic E-state index is 12.0. The van der Waals surface area contributed by atoms with Crippen molar-refractivity contribution < 1.29 is 13.9 Å². The van der Waals surface area contributed by atoms with Crippen molar-refractivity contribution in [1.82, 2.24) is 10.3 Å². The van der Waals surface area contributed by atoms with Crippen LogP contribution in [0.25, 0.3) is 0 Å². The number of methoxy groups -OCH3 is 1. The lowest BCUT2D eigenvalue weighted by atomic mass is 10.2. The molecule has 0 radical (unpaired) electrons. The molecule has 0 atom stereocenters. The van der Waals surface area contributed by atoms with Crippen LogP contribution in [0.1, 0.15) is 27.7 Å². The van der Waals surface area contributed by atoms with Gasteiger partial charge in [-0.15, -0.1) is 0 Å². The van der Waals surface area contributed by atoms with E-state index in [-0.39, 0.29) is 11.7 Å². The molecule has 0 saturated carbocycles. The van der Waals surface area contributed by atoms with Crippen molar-refractivity contribution in [2.45, 2.75) is 20.4 Å². The molecule has 0 unspecified atom stereocenters. The van der Waals surface area contributed by atoms with Crippen LogP contribution in [0.4, 0.5) is 0 Å². The molecule has 1 N–H and O–H groups in total. The fourth-order valence-corrected chi connectivity index (χ4v) is 1.85. The van der Waals surface area contributed by atoms with Crippen molar-refractivity contribution >= 4 is 5.91 Å². The minimum absolute atomic E-state index is 0.257. The summed E-state index contributed by atoms with van der Waals surface area (Å²) in [5, 5.41) is 2.79. The largest absolute Gasteiger partial charge is 0.496 e. The number of hydrogen-bond donors (Lipinski definition) is 1. The number of ether oxygens (including phenoxy) is 1. The van der Waals surface area contributed by atoms with Gasteiger partial charge >= 0.3 is 0 Å². The third kappa shape index (κ3) is 2.93. The van der Waals surface area contributed by atoms with Gasteiger partial charge in [-0.3, -0.25) is 4.79 Å². The fraction of sp³-hybridized carbons (Fsp3) is 0.286. The zero-order chi connectivity index (χ0) is 13.8. The van der Waals surface area contributed by atoms with E-state index in [0.717, 1.165) is 11.3 Å². The van der Waals surface area contributed by atoms with Crippen LogP contribution in [0.5, 0.6) is 5.75 Å². The molecule has 2 aromatic rings. The lowest BCUT2D eigenvalue weighted by Crippen LogP contribution is -2.23. The van der Waals surface area contributed by atoms with Crippen LogP contribution in [0.2, 0.25) is 0 Å². The second kappa shape index (κ2) is 5.56. The van der Waals surface area contributed by atoms with Gasteiger partial charge in [0.05, 0.1) is 12.8 Å². The number of carbonyl (C=O) groups is 1. The van der Waals surface area contributed by atoms with Gasteiger partial charge in [0.15, 0.2) is 5.89 Å². The van der Waals surface area contributed by atoms with Crippen LogP contribution in [-0.4, -0.2) is 18.0 Å². The minimum Gasteiger partial charge on any atom is -0.496 e. The maximum absolute atomic E-state index is 12.0. The van der Waals surface area contributed by atoms with E-state index in [1.165, 1.54) is 0 Å². The Morgan fingerprint density at radius 2 is 2.11 bits per heavy atom. The van der Waals surface area contributed by atoms with Crippen LogP contribution in [0.15, 0.2) is 28.7 Å². The van der Waals surface area contributed by atoms with E-state index < -0.39 is 0 Å². The summed E-state index contributed by atoms with van der Waals surface area (Å²) in [6.07, 6.45) is 0. The fourth-order valence-electron chi connectivity index (χ4n) is 1.85. The second-order valence-corrected chi connectivity index (χ2v) is 4.14. The number of aromatic nitrogens is 1. The molecule has 0 aliphatic heterocycles. The summed E-state index contributed by atoms with van der Waals surface area (Å²) in [5.74, 6) is 1.21. The molecule has 2 rings (SSSR count). The maximum Gasteiger partial charge on any atom is 0.289 e. The Bertz CT molecular complexity index is 590. The molecular formula is C14H16N2O3. The van der Waals surface area contributed by atoms with E-state index in [2.05, 4.69) is 10.3 Å². The predicted octanol–water partition coefficient (Wildman–Crippen LogP) is 2.23. The smallest absolute Gasteiger partial charge is 0.289 e. The van der Waals surface area contributed by atoms with Crippen LogP contribution in [0, 0.1) is 13.8 Å². The zero-order valence-electron chi connectivity index (χ0n) is 11.2. The summed E-state index contributed by atoms with van der Waals surface area (Å²) in [6.45, 7) is 3.83. The van der Waals surface area contributed by atoms with Crippen molar-refractivity contribution in [3.8, 4) is 5.75 Å². The van der Waals surface area contributed by atoms with E-state index in [0.29, 0.717) is 18.1 Å². The molecule has 100 valence electrons. The average Bonchev–Trinajstić information content (AvgIpc) is 2.75. The number of nitrogens with zero attached hydrogens (tertiary/aromatic N) is 1. The number of amides is 1. The van der Waals surface area contributed by atoms with Crippen molar-refractivity contribution in [2.24, 2.45) is 0 Å². The summed E-state index contributed by atoms with van der Waals surface area (Å²) >= 11 is 0. The first-order chi connectivity index (χ1) is 9.11. The number of nitrogens with one attached hydrogen (secondary N) is 1.